The van der Waals surface area contributed by atoms with Crippen LogP contribution in [-0.2, 0) is 9.53 Å². The number of aromatic carboxylic acids is 1. The predicted molar refractivity (Wildman–Crippen MR) is 76.4 cm³/mol. The summed E-state index contributed by atoms with van der Waals surface area (Å²) in [4.78, 5) is 22.0. The molecule has 1 fully saturated rings. The van der Waals surface area contributed by atoms with Crippen molar-refractivity contribution in [2.75, 3.05) is 7.11 Å². The van der Waals surface area contributed by atoms with Gasteiger partial charge in [-0.1, -0.05) is 0 Å². The van der Waals surface area contributed by atoms with Crippen molar-refractivity contribution in [1.82, 2.24) is 0 Å². The molecule has 1 aliphatic carbocycles. The number of rotatable bonds is 5. The molecule has 5 heteroatoms. The van der Waals surface area contributed by atoms with Gasteiger partial charge < -0.3 is 14.6 Å². The summed E-state index contributed by atoms with van der Waals surface area (Å²) in [5.74, 6) is -0.0170. The SMILES string of the molecule is COC(=O)C[C@H]1CC[C@@H](Oc2ccc(C(=O)O)cc2)CC1. The minimum atomic E-state index is -0.940. The van der Waals surface area contributed by atoms with Gasteiger partial charge in [-0.2, -0.15) is 0 Å². The van der Waals surface area contributed by atoms with Crippen LogP contribution in [0.15, 0.2) is 24.3 Å². The van der Waals surface area contributed by atoms with Crippen LogP contribution < -0.4 is 4.74 Å². The molecule has 0 aliphatic heterocycles. The van der Waals surface area contributed by atoms with Crippen LogP contribution in [0.5, 0.6) is 5.75 Å². The highest BCUT2D eigenvalue weighted by Gasteiger charge is 2.24. The van der Waals surface area contributed by atoms with E-state index in [0.717, 1.165) is 25.7 Å². The van der Waals surface area contributed by atoms with Crippen LogP contribution in [0.1, 0.15) is 42.5 Å². The van der Waals surface area contributed by atoms with Crippen molar-refractivity contribution < 1.29 is 24.2 Å². The fourth-order valence-electron chi connectivity index (χ4n) is 2.64. The third-order valence-corrected chi connectivity index (χ3v) is 3.88. The maximum atomic E-state index is 11.2. The van der Waals surface area contributed by atoms with Gasteiger partial charge in [-0.3, -0.25) is 4.79 Å². The Morgan fingerprint density at radius 3 is 2.29 bits per heavy atom. The van der Waals surface area contributed by atoms with E-state index in [-0.39, 0.29) is 17.6 Å². The van der Waals surface area contributed by atoms with Gasteiger partial charge in [-0.25, -0.2) is 4.79 Å². The Bertz CT molecular complexity index is 486. The van der Waals surface area contributed by atoms with Gasteiger partial charge in [0.05, 0.1) is 18.8 Å². The van der Waals surface area contributed by atoms with Crippen molar-refractivity contribution in [3.63, 3.8) is 0 Å². The lowest BCUT2D eigenvalue weighted by Crippen LogP contribution is -2.25. The van der Waals surface area contributed by atoms with Crippen molar-refractivity contribution >= 4 is 11.9 Å². The first kappa shape index (κ1) is 15.4. The van der Waals surface area contributed by atoms with E-state index in [9.17, 15) is 9.59 Å². The van der Waals surface area contributed by atoms with Crippen molar-refractivity contribution in [3.8, 4) is 5.75 Å². The van der Waals surface area contributed by atoms with Gasteiger partial charge in [-0.15, -0.1) is 0 Å². The molecule has 0 bridgehead atoms. The molecule has 114 valence electrons. The highest BCUT2D eigenvalue weighted by Crippen LogP contribution is 2.29. The van der Waals surface area contributed by atoms with Gasteiger partial charge >= 0.3 is 11.9 Å². The molecule has 0 amide bonds. The number of hydrogen-bond donors (Lipinski definition) is 1. The van der Waals surface area contributed by atoms with Gasteiger partial charge in [0.1, 0.15) is 5.75 Å². The maximum Gasteiger partial charge on any atom is 0.335 e. The molecule has 1 aromatic carbocycles. The Morgan fingerprint density at radius 1 is 1.14 bits per heavy atom. The molecule has 1 saturated carbocycles. The Morgan fingerprint density at radius 2 is 1.76 bits per heavy atom. The van der Waals surface area contributed by atoms with Crippen LogP contribution in [0.3, 0.4) is 0 Å². The Kier molecular flexibility index (Phi) is 5.20. The highest BCUT2D eigenvalue weighted by molar-refractivity contribution is 5.87. The van der Waals surface area contributed by atoms with E-state index in [1.54, 1.807) is 24.3 Å². The number of carboxylic acid groups (broad SMARTS) is 1. The van der Waals surface area contributed by atoms with E-state index in [0.29, 0.717) is 18.1 Å². The largest absolute Gasteiger partial charge is 0.490 e. The monoisotopic (exact) mass is 292 g/mol. The molecule has 1 aromatic rings. The summed E-state index contributed by atoms with van der Waals surface area (Å²) in [6.45, 7) is 0. The van der Waals surface area contributed by atoms with Gasteiger partial charge in [-0.05, 0) is 55.9 Å². The molecule has 0 radical (unpaired) electrons. The van der Waals surface area contributed by atoms with Crippen LogP contribution in [0.4, 0.5) is 0 Å². The molecule has 5 nitrogen and oxygen atoms in total. The molecule has 0 atom stereocenters. The zero-order valence-electron chi connectivity index (χ0n) is 12.1. The van der Waals surface area contributed by atoms with E-state index in [1.165, 1.54) is 7.11 Å². The van der Waals surface area contributed by atoms with E-state index in [4.69, 9.17) is 9.84 Å². The number of carboxylic acids is 1. The van der Waals surface area contributed by atoms with Crippen molar-refractivity contribution in [3.05, 3.63) is 29.8 Å². The Balaban J connectivity index is 1.80. The second kappa shape index (κ2) is 7.11. The number of ether oxygens (including phenoxy) is 2. The molecular formula is C16H20O5. The lowest BCUT2D eigenvalue weighted by atomic mass is 9.85. The standard InChI is InChI=1S/C16H20O5/c1-20-15(17)10-11-2-6-13(7-3-11)21-14-8-4-12(5-9-14)16(18)19/h4-5,8-9,11,13H,2-3,6-7,10H2,1H3,(H,18,19)/t11-,13+. The predicted octanol–water partition coefficient (Wildman–Crippen LogP) is 2.89. The normalized spacial score (nSPS) is 21.6. The van der Waals surface area contributed by atoms with Crippen LogP contribution in [-0.4, -0.2) is 30.3 Å². The van der Waals surface area contributed by atoms with Crippen molar-refractivity contribution in [2.24, 2.45) is 5.92 Å². The van der Waals surface area contributed by atoms with Crippen molar-refractivity contribution in [2.45, 2.75) is 38.2 Å². The zero-order chi connectivity index (χ0) is 15.2. The quantitative estimate of drug-likeness (QED) is 0.845. The molecule has 2 rings (SSSR count). The minimum absolute atomic E-state index is 0.134. The summed E-state index contributed by atoms with van der Waals surface area (Å²) in [5.41, 5.74) is 0.254. The molecule has 0 saturated heterocycles. The van der Waals surface area contributed by atoms with Crippen LogP contribution >= 0.6 is 0 Å². The summed E-state index contributed by atoms with van der Waals surface area (Å²) in [6, 6.07) is 6.45. The molecule has 0 unspecified atom stereocenters. The first-order chi connectivity index (χ1) is 10.1. The number of benzene rings is 1. The van der Waals surface area contributed by atoms with Crippen LogP contribution in [0.25, 0.3) is 0 Å². The van der Waals surface area contributed by atoms with Gasteiger partial charge in [0.15, 0.2) is 0 Å². The summed E-state index contributed by atoms with van der Waals surface area (Å²) in [5, 5.41) is 8.84. The minimum Gasteiger partial charge on any atom is -0.490 e. The number of hydrogen-bond acceptors (Lipinski definition) is 4. The Hall–Kier alpha value is -2.04. The number of carbonyl (C=O) groups is 2. The molecule has 0 aromatic heterocycles. The zero-order valence-corrected chi connectivity index (χ0v) is 12.1. The lowest BCUT2D eigenvalue weighted by Gasteiger charge is -2.28. The first-order valence-electron chi connectivity index (χ1n) is 7.15. The second-order valence-corrected chi connectivity index (χ2v) is 5.37. The number of methoxy groups -OCH3 is 1. The Labute approximate surface area is 123 Å². The average molecular weight is 292 g/mol. The summed E-state index contributed by atoms with van der Waals surface area (Å²) in [7, 11) is 1.41. The highest BCUT2D eigenvalue weighted by atomic mass is 16.5. The van der Waals surface area contributed by atoms with Gasteiger partial charge in [0, 0.05) is 6.42 Å². The first-order valence-corrected chi connectivity index (χ1v) is 7.15. The second-order valence-electron chi connectivity index (χ2n) is 5.37. The molecule has 0 heterocycles. The summed E-state index contributed by atoms with van der Waals surface area (Å²) >= 11 is 0. The topological polar surface area (TPSA) is 72.8 Å². The van der Waals surface area contributed by atoms with E-state index in [2.05, 4.69) is 4.74 Å². The molecule has 1 N–H and O–H groups in total. The van der Waals surface area contributed by atoms with Crippen LogP contribution in [0, 0.1) is 5.92 Å². The average Bonchev–Trinajstić information content (AvgIpc) is 2.49. The third kappa shape index (κ3) is 4.48. The van der Waals surface area contributed by atoms with Crippen LogP contribution in [0.2, 0.25) is 0 Å². The number of esters is 1. The van der Waals surface area contributed by atoms with Gasteiger partial charge in [0.2, 0.25) is 0 Å². The third-order valence-electron chi connectivity index (χ3n) is 3.88. The fourth-order valence-corrected chi connectivity index (χ4v) is 2.64. The maximum absolute atomic E-state index is 11.2. The van der Waals surface area contributed by atoms with E-state index >= 15 is 0 Å². The molecule has 0 spiro atoms. The molecule has 1 aliphatic rings. The fraction of sp³-hybridized carbons (Fsp3) is 0.500. The summed E-state index contributed by atoms with van der Waals surface area (Å²) in [6.07, 6.45) is 4.33. The molecular weight excluding hydrogens is 272 g/mol. The summed E-state index contributed by atoms with van der Waals surface area (Å²) < 4.78 is 10.5. The smallest absolute Gasteiger partial charge is 0.335 e. The lowest BCUT2D eigenvalue weighted by molar-refractivity contribution is -0.142. The van der Waals surface area contributed by atoms with Crippen molar-refractivity contribution in [1.29, 1.82) is 0 Å². The number of carbonyl (C=O) groups excluding carboxylic acids is 1. The van der Waals surface area contributed by atoms with Gasteiger partial charge in [0.25, 0.3) is 0 Å². The molecule has 21 heavy (non-hydrogen) atoms. The van der Waals surface area contributed by atoms with E-state index < -0.39 is 5.97 Å². The van der Waals surface area contributed by atoms with E-state index in [1.807, 2.05) is 0 Å².